The Hall–Kier alpha value is -0.120. The number of piperidine rings is 1. The largest absolute Gasteiger partial charge is 0.330 e. The van der Waals surface area contributed by atoms with E-state index in [1.54, 1.807) is 0 Å². The van der Waals surface area contributed by atoms with Crippen LogP contribution in [-0.2, 0) is 0 Å². The molecule has 0 radical (unpaired) electrons. The van der Waals surface area contributed by atoms with Crippen LogP contribution in [0.1, 0.15) is 33.6 Å². The molecular weight excluding hydrogens is 198 g/mol. The van der Waals surface area contributed by atoms with E-state index >= 15 is 0 Å². The minimum atomic E-state index is 0.247. The van der Waals surface area contributed by atoms with E-state index in [0.717, 1.165) is 19.1 Å². The molecule has 0 atom stereocenters. The molecular formula is C13H29N3. The first-order chi connectivity index (χ1) is 7.48. The Morgan fingerprint density at radius 2 is 1.88 bits per heavy atom. The number of nitrogens with two attached hydrogens (primary N) is 1. The predicted molar refractivity (Wildman–Crippen MR) is 70.6 cm³/mol. The summed E-state index contributed by atoms with van der Waals surface area (Å²) in [4.78, 5) is 5.05. The molecule has 96 valence electrons. The lowest BCUT2D eigenvalue weighted by Crippen LogP contribution is -2.47. The van der Waals surface area contributed by atoms with E-state index in [0.29, 0.717) is 0 Å². The molecule has 0 spiro atoms. The highest BCUT2D eigenvalue weighted by molar-refractivity contribution is 4.81. The molecule has 2 N–H and O–H groups in total. The van der Waals surface area contributed by atoms with Crippen molar-refractivity contribution in [1.29, 1.82) is 0 Å². The van der Waals surface area contributed by atoms with E-state index in [9.17, 15) is 0 Å². The van der Waals surface area contributed by atoms with Gasteiger partial charge in [0.05, 0.1) is 0 Å². The van der Waals surface area contributed by atoms with Crippen molar-refractivity contribution in [2.75, 3.05) is 39.8 Å². The summed E-state index contributed by atoms with van der Waals surface area (Å²) in [5.74, 6) is 0. The van der Waals surface area contributed by atoms with Crippen LogP contribution >= 0.6 is 0 Å². The minimum absolute atomic E-state index is 0.247. The van der Waals surface area contributed by atoms with Crippen molar-refractivity contribution < 1.29 is 0 Å². The number of likely N-dealkylation sites (tertiary alicyclic amines) is 1. The van der Waals surface area contributed by atoms with Crippen LogP contribution in [0.4, 0.5) is 0 Å². The van der Waals surface area contributed by atoms with Gasteiger partial charge >= 0.3 is 0 Å². The summed E-state index contributed by atoms with van der Waals surface area (Å²) >= 11 is 0. The summed E-state index contributed by atoms with van der Waals surface area (Å²) in [7, 11) is 2.25. The van der Waals surface area contributed by atoms with Gasteiger partial charge in [0.1, 0.15) is 0 Å². The second kappa shape index (κ2) is 5.99. The van der Waals surface area contributed by atoms with Crippen LogP contribution in [0.25, 0.3) is 0 Å². The maximum Gasteiger partial charge on any atom is 0.0117 e. The lowest BCUT2D eigenvalue weighted by atomic mass is 9.91. The Balaban J connectivity index is 2.36. The van der Waals surface area contributed by atoms with Gasteiger partial charge in [-0.3, -0.25) is 0 Å². The molecule has 0 unspecified atom stereocenters. The highest BCUT2D eigenvalue weighted by Crippen LogP contribution is 2.20. The van der Waals surface area contributed by atoms with Crippen LogP contribution in [0.2, 0.25) is 0 Å². The highest BCUT2D eigenvalue weighted by Gasteiger charge is 2.25. The van der Waals surface area contributed by atoms with Gasteiger partial charge in [0, 0.05) is 12.6 Å². The summed E-state index contributed by atoms with van der Waals surface area (Å²) in [6, 6.07) is 0.758. The van der Waals surface area contributed by atoms with Crippen LogP contribution in [-0.4, -0.2) is 55.6 Å². The summed E-state index contributed by atoms with van der Waals surface area (Å²) in [6.07, 6.45) is 2.62. The molecule has 0 aliphatic carbocycles. The molecule has 1 fully saturated rings. The first-order valence-electron chi connectivity index (χ1n) is 6.61. The minimum Gasteiger partial charge on any atom is -0.330 e. The molecule has 1 aliphatic rings. The number of hydrogen-bond acceptors (Lipinski definition) is 3. The van der Waals surface area contributed by atoms with Gasteiger partial charge < -0.3 is 15.5 Å². The molecule has 1 rings (SSSR count). The topological polar surface area (TPSA) is 32.5 Å². The van der Waals surface area contributed by atoms with E-state index < -0.39 is 0 Å². The lowest BCUT2D eigenvalue weighted by Gasteiger charge is -2.39. The third-order valence-corrected chi connectivity index (χ3v) is 3.86. The van der Waals surface area contributed by atoms with Crippen LogP contribution in [0, 0.1) is 5.41 Å². The van der Waals surface area contributed by atoms with E-state index in [1.807, 2.05) is 0 Å². The molecule has 1 aliphatic heterocycles. The fourth-order valence-electron chi connectivity index (χ4n) is 2.55. The zero-order valence-electron chi connectivity index (χ0n) is 11.5. The van der Waals surface area contributed by atoms with Gasteiger partial charge in [0.2, 0.25) is 0 Å². The average Bonchev–Trinajstić information content (AvgIpc) is 2.28. The van der Waals surface area contributed by atoms with Crippen LogP contribution in [0.5, 0.6) is 0 Å². The maximum atomic E-state index is 5.79. The quantitative estimate of drug-likeness (QED) is 0.770. The Morgan fingerprint density at radius 3 is 2.31 bits per heavy atom. The fraction of sp³-hybridized carbons (Fsp3) is 1.00. The first kappa shape index (κ1) is 13.9. The lowest BCUT2D eigenvalue weighted by molar-refractivity contribution is 0.101. The van der Waals surface area contributed by atoms with Gasteiger partial charge in [-0.05, 0) is 51.5 Å². The van der Waals surface area contributed by atoms with E-state index in [4.69, 9.17) is 5.73 Å². The maximum absolute atomic E-state index is 5.79. The molecule has 3 heteroatoms. The van der Waals surface area contributed by atoms with Crippen molar-refractivity contribution in [3.05, 3.63) is 0 Å². The predicted octanol–water partition coefficient (Wildman–Crippen LogP) is 1.39. The van der Waals surface area contributed by atoms with Gasteiger partial charge in [-0.25, -0.2) is 0 Å². The fourth-order valence-corrected chi connectivity index (χ4v) is 2.55. The normalized spacial score (nSPS) is 20.6. The molecule has 0 aromatic rings. The second-order valence-electron chi connectivity index (χ2n) is 5.95. The number of rotatable bonds is 5. The second-order valence-corrected chi connectivity index (χ2v) is 5.95. The summed E-state index contributed by atoms with van der Waals surface area (Å²) in [5, 5.41) is 0. The average molecular weight is 227 g/mol. The molecule has 3 nitrogen and oxygen atoms in total. The number of hydrogen-bond donors (Lipinski definition) is 1. The number of nitrogens with zero attached hydrogens (tertiary/aromatic N) is 2. The SMILES string of the molecule is CCN1CCC(N(C)CC(C)(C)CN)CC1. The molecule has 0 saturated carbocycles. The van der Waals surface area contributed by atoms with Gasteiger partial charge in [-0.15, -0.1) is 0 Å². The third kappa shape index (κ3) is 4.04. The van der Waals surface area contributed by atoms with Crippen LogP contribution in [0.15, 0.2) is 0 Å². The van der Waals surface area contributed by atoms with Crippen molar-refractivity contribution in [2.45, 2.75) is 39.7 Å². The highest BCUT2D eigenvalue weighted by atomic mass is 15.2. The van der Waals surface area contributed by atoms with Crippen molar-refractivity contribution in [3.63, 3.8) is 0 Å². The van der Waals surface area contributed by atoms with Gasteiger partial charge in [0.25, 0.3) is 0 Å². The standard InChI is InChI=1S/C13H29N3/c1-5-16-8-6-12(7-9-16)15(4)11-13(2,3)10-14/h12H,5-11,14H2,1-4H3. The van der Waals surface area contributed by atoms with Gasteiger partial charge in [0.15, 0.2) is 0 Å². The van der Waals surface area contributed by atoms with E-state index in [1.165, 1.54) is 32.5 Å². The molecule has 16 heavy (non-hydrogen) atoms. The summed E-state index contributed by atoms with van der Waals surface area (Å²) in [5.41, 5.74) is 6.04. The monoisotopic (exact) mass is 227 g/mol. The van der Waals surface area contributed by atoms with Crippen molar-refractivity contribution in [1.82, 2.24) is 9.80 Å². The Kier molecular flexibility index (Phi) is 5.22. The first-order valence-corrected chi connectivity index (χ1v) is 6.61. The summed E-state index contributed by atoms with van der Waals surface area (Å²) in [6.45, 7) is 12.4. The molecule has 0 aromatic heterocycles. The zero-order chi connectivity index (χ0) is 12.2. The molecule has 0 amide bonds. The zero-order valence-corrected chi connectivity index (χ0v) is 11.5. The summed E-state index contributed by atoms with van der Waals surface area (Å²) < 4.78 is 0. The van der Waals surface area contributed by atoms with E-state index in [-0.39, 0.29) is 5.41 Å². The third-order valence-electron chi connectivity index (χ3n) is 3.86. The molecule has 1 heterocycles. The van der Waals surface area contributed by atoms with Crippen molar-refractivity contribution in [3.8, 4) is 0 Å². The molecule has 0 bridgehead atoms. The van der Waals surface area contributed by atoms with E-state index in [2.05, 4.69) is 37.6 Å². The smallest absolute Gasteiger partial charge is 0.0117 e. The molecule has 0 aromatic carbocycles. The van der Waals surface area contributed by atoms with Gasteiger partial charge in [-0.1, -0.05) is 20.8 Å². The van der Waals surface area contributed by atoms with Crippen molar-refractivity contribution in [2.24, 2.45) is 11.1 Å². The Morgan fingerprint density at radius 1 is 1.31 bits per heavy atom. The van der Waals surface area contributed by atoms with Crippen LogP contribution < -0.4 is 5.73 Å². The molecule has 1 saturated heterocycles. The van der Waals surface area contributed by atoms with Gasteiger partial charge in [-0.2, -0.15) is 0 Å². The Bertz CT molecular complexity index is 195. The Labute approximate surface area is 101 Å². The van der Waals surface area contributed by atoms with Crippen LogP contribution in [0.3, 0.4) is 0 Å². The van der Waals surface area contributed by atoms with Crippen molar-refractivity contribution >= 4 is 0 Å².